The molecule has 1 rings (SSSR count). The van der Waals surface area contributed by atoms with E-state index in [2.05, 4.69) is 20.7 Å². The van der Waals surface area contributed by atoms with E-state index in [1.807, 2.05) is 20.8 Å². The fraction of sp³-hybridized carbons (Fsp3) is 0.636. The number of aromatic nitrogens is 2. The average molecular weight is 239 g/mol. The Labute approximate surface area is 102 Å². The second-order valence-corrected chi connectivity index (χ2v) is 4.24. The van der Waals surface area contributed by atoms with E-state index >= 15 is 0 Å². The molecule has 0 bridgehead atoms. The molecule has 1 unspecified atom stereocenters. The monoisotopic (exact) mass is 239 g/mol. The normalized spacial score (nSPS) is 12.6. The van der Waals surface area contributed by atoms with Gasteiger partial charge in [-0.05, 0) is 5.92 Å². The molecular formula is C11H21N5O. The van der Waals surface area contributed by atoms with Gasteiger partial charge in [0.05, 0.1) is 6.10 Å². The number of anilines is 2. The summed E-state index contributed by atoms with van der Waals surface area (Å²) in [5.74, 6) is 7.49. The van der Waals surface area contributed by atoms with Crippen LogP contribution in [0.15, 0.2) is 6.07 Å². The zero-order valence-corrected chi connectivity index (χ0v) is 10.6. The summed E-state index contributed by atoms with van der Waals surface area (Å²) >= 11 is 0. The molecular weight excluding hydrogens is 218 g/mol. The lowest BCUT2D eigenvalue weighted by atomic mass is 10.1. The van der Waals surface area contributed by atoms with Gasteiger partial charge in [0.2, 0.25) is 0 Å². The molecule has 6 heteroatoms. The lowest BCUT2D eigenvalue weighted by molar-refractivity contribution is 0.138. The van der Waals surface area contributed by atoms with E-state index in [0.29, 0.717) is 24.0 Å². The van der Waals surface area contributed by atoms with Gasteiger partial charge in [-0.1, -0.05) is 20.8 Å². The van der Waals surface area contributed by atoms with E-state index in [1.54, 1.807) is 6.07 Å². The van der Waals surface area contributed by atoms with Crippen molar-refractivity contribution in [3.8, 4) is 0 Å². The molecule has 1 aromatic rings. The van der Waals surface area contributed by atoms with Crippen molar-refractivity contribution in [3.63, 3.8) is 0 Å². The molecule has 5 N–H and O–H groups in total. The Hall–Kier alpha value is -1.40. The minimum atomic E-state index is -0.399. The summed E-state index contributed by atoms with van der Waals surface area (Å²) in [6.45, 7) is 6.37. The van der Waals surface area contributed by atoms with Gasteiger partial charge < -0.3 is 15.8 Å². The molecule has 17 heavy (non-hydrogen) atoms. The third-order valence-electron chi connectivity index (χ3n) is 2.50. The third kappa shape index (κ3) is 4.16. The van der Waals surface area contributed by atoms with Gasteiger partial charge in [-0.15, -0.1) is 0 Å². The fourth-order valence-corrected chi connectivity index (χ4v) is 1.26. The van der Waals surface area contributed by atoms with Crippen LogP contribution in [-0.4, -0.2) is 27.7 Å². The predicted octanol–water partition coefficient (Wildman–Crippen LogP) is 0.753. The smallest absolute Gasteiger partial charge is 0.145 e. The quantitative estimate of drug-likeness (QED) is 0.432. The van der Waals surface area contributed by atoms with Crippen molar-refractivity contribution in [3.05, 3.63) is 11.9 Å². The van der Waals surface area contributed by atoms with E-state index in [1.165, 1.54) is 0 Å². The number of aryl methyl sites for hydroxylation is 1. The fourth-order valence-electron chi connectivity index (χ4n) is 1.26. The Morgan fingerprint density at radius 3 is 2.53 bits per heavy atom. The van der Waals surface area contributed by atoms with Crippen LogP contribution in [0.5, 0.6) is 0 Å². The molecule has 96 valence electrons. The first kappa shape index (κ1) is 13.7. The molecule has 0 saturated carbocycles. The van der Waals surface area contributed by atoms with Crippen LogP contribution in [0, 0.1) is 5.92 Å². The minimum absolute atomic E-state index is 0.210. The lowest BCUT2D eigenvalue weighted by Crippen LogP contribution is -2.25. The van der Waals surface area contributed by atoms with Gasteiger partial charge in [-0.25, -0.2) is 15.8 Å². The summed E-state index contributed by atoms with van der Waals surface area (Å²) < 4.78 is 0. The van der Waals surface area contributed by atoms with Crippen LogP contribution >= 0.6 is 0 Å². The maximum Gasteiger partial charge on any atom is 0.145 e. The van der Waals surface area contributed by atoms with Crippen LogP contribution in [-0.2, 0) is 6.42 Å². The molecule has 0 aliphatic heterocycles. The van der Waals surface area contributed by atoms with Crippen molar-refractivity contribution >= 4 is 11.6 Å². The van der Waals surface area contributed by atoms with Crippen molar-refractivity contribution in [1.29, 1.82) is 0 Å². The number of nitrogens with one attached hydrogen (secondary N) is 2. The van der Waals surface area contributed by atoms with Crippen LogP contribution in [0.4, 0.5) is 11.6 Å². The highest BCUT2D eigenvalue weighted by Gasteiger charge is 2.09. The van der Waals surface area contributed by atoms with Crippen molar-refractivity contribution < 1.29 is 5.11 Å². The van der Waals surface area contributed by atoms with Crippen molar-refractivity contribution in [2.24, 2.45) is 11.8 Å². The highest BCUT2D eigenvalue weighted by atomic mass is 16.3. The predicted molar refractivity (Wildman–Crippen MR) is 68.6 cm³/mol. The number of hydrazine groups is 1. The second-order valence-electron chi connectivity index (χ2n) is 4.24. The third-order valence-corrected chi connectivity index (χ3v) is 2.50. The van der Waals surface area contributed by atoms with Crippen molar-refractivity contribution in [2.45, 2.75) is 33.3 Å². The Bertz CT molecular complexity index is 333. The molecule has 1 heterocycles. The molecule has 0 aliphatic rings. The van der Waals surface area contributed by atoms with Gasteiger partial charge in [-0.3, -0.25) is 0 Å². The summed E-state index contributed by atoms with van der Waals surface area (Å²) in [5, 5.41) is 12.8. The molecule has 1 atom stereocenters. The van der Waals surface area contributed by atoms with Crippen LogP contribution in [0.3, 0.4) is 0 Å². The minimum Gasteiger partial charge on any atom is -0.391 e. The highest BCUT2D eigenvalue weighted by Crippen LogP contribution is 2.11. The Kier molecular flexibility index (Phi) is 5.11. The number of nitrogens with zero attached hydrogens (tertiary/aromatic N) is 2. The zero-order valence-electron chi connectivity index (χ0n) is 10.6. The van der Waals surface area contributed by atoms with E-state index in [0.717, 1.165) is 6.42 Å². The van der Waals surface area contributed by atoms with Crippen molar-refractivity contribution in [1.82, 2.24) is 9.97 Å². The summed E-state index contributed by atoms with van der Waals surface area (Å²) in [6.07, 6.45) is 0.334. The van der Waals surface area contributed by atoms with Crippen LogP contribution in [0.2, 0.25) is 0 Å². The number of aliphatic hydroxyl groups excluding tert-OH is 1. The topological polar surface area (TPSA) is 96.1 Å². The Morgan fingerprint density at radius 1 is 1.35 bits per heavy atom. The molecule has 0 amide bonds. The van der Waals surface area contributed by atoms with Gasteiger partial charge in [0, 0.05) is 19.0 Å². The maximum absolute atomic E-state index is 9.69. The number of aliphatic hydroxyl groups is 1. The van der Waals surface area contributed by atoms with Gasteiger partial charge >= 0.3 is 0 Å². The molecule has 0 spiro atoms. The summed E-state index contributed by atoms with van der Waals surface area (Å²) in [6, 6.07) is 1.71. The largest absolute Gasteiger partial charge is 0.391 e. The lowest BCUT2D eigenvalue weighted by Gasteiger charge is -2.16. The number of nitrogen functional groups attached to an aromatic ring is 1. The SMILES string of the molecule is CCc1nc(NN)cc(NCC(O)C(C)C)n1. The second kappa shape index (κ2) is 6.36. The summed E-state index contributed by atoms with van der Waals surface area (Å²) in [5.41, 5.74) is 2.50. The van der Waals surface area contributed by atoms with Gasteiger partial charge in [0.25, 0.3) is 0 Å². The zero-order chi connectivity index (χ0) is 12.8. The standard InChI is InChI=1S/C11H21N5O/c1-4-9-14-10(5-11(15-9)16-12)13-6-8(17)7(2)3/h5,7-8,17H,4,6,12H2,1-3H3,(H2,13,14,15,16). The average Bonchev–Trinajstić information content (AvgIpc) is 2.35. The number of hydrogen-bond donors (Lipinski definition) is 4. The number of hydrogen-bond acceptors (Lipinski definition) is 6. The van der Waals surface area contributed by atoms with E-state index in [-0.39, 0.29) is 5.92 Å². The Balaban J connectivity index is 2.70. The molecule has 6 nitrogen and oxygen atoms in total. The molecule has 1 aromatic heterocycles. The van der Waals surface area contributed by atoms with E-state index in [4.69, 9.17) is 5.84 Å². The van der Waals surface area contributed by atoms with E-state index < -0.39 is 6.10 Å². The first-order chi connectivity index (χ1) is 8.06. The molecule has 0 radical (unpaired) electrons. The van der Waals surface area contributed by atoms with Crippen LogP contribution in [0.25, 0.3) is 0 Å². The molecule has 0 saturated heterocycles. The first-order valence-electron chi connectivity index (χ1n) is 5.83. The Morgan fingerprint density at radius 2 is 2.00 bits per heavy atom. The van der Waals surface area contributed by atoms with Crippen LogP contribution in [0.1, 0.15) is 26.6 Å². The number of nitrogens with two attached hydrogens (primary N) is 1. The van der Waals surface area contributed by atoms with Gasteiger partial charge in [0.1, 0.15) is 17.5 Å². The highest BCUT2D eigenvalue weighted by molar-refractivity contribution is 5.46. The van der Waals surface area contributed by atoms with E-state index in [9.17, 15) is 5.11 Å². The maximum atomic E-state index is 9.69. The number of rotatable bonds is 6. The van der Waals surface area contributed by atoms with Crippen LogP contribution < -0.4 is 16.6 Å². The van der Waals surface area contributed by atoms with Gasteiger partial charge in [-0.2, -0.15) is 0 Å². The molecule has 0 aromatic carbocycles. The molecule has 0 fully saturated rings. The summed E-state index contributed by atoms with van der Waals surface area (Å²) in [4.78, 5) is 8.49. The first-order valence-corrected chi connectivity index (χ1v) is 5.83. The van der Waals surface area contributed by atoms with Crippen molar-refractivity contribution in [2.75, 3.05) is 17.3 Å². The summed E-state index contributed by atoms with van der Waals surface area (Å²) in [7, 11) is 0. The van der Waals surface area contributed by atoms with Gasteiger partial charge in [0.15, 0.2) is 0 Å². The molecule has 0 aliphatic carbocycles.